The number of nitrogens with one attached hydrogen (secondary N) is 2. The van der Waals surface area contributed by atoms with E-state index in [1.54, 1.807) is 38.5 Å². The van der Waals surface area contributed by atoms with Gasteiger partial charge in [-0.05, 0) is 47.4 Å². The SMILES string of the molecule is COCC(C)(C)c1ccc(NC(=O)C2c3ccc(OC)cc3CCN2C(=O)Cc2cc(=O)[nH]o2)cc1F. The van der Waals surface area contributed by atoms with Gasteiger partial charge in [0.25, 0.3) is 11.5 Å². The summed E-state index contributed by atoms with van der Waals surface area (Å²) in [6.45, 7) is 4.34. The molecule has 2 amide bonds. The number of ether oxygens (including phenoxy) is 2. The normalized spacial score (nSPS) is 15.3. The van der Waals surface area contributed by atoms with Crippen LogP contribution in [-0.2, 0) is 32.6 Å². The number of nitrogens with zero attached hydrogens (tertiary/aromatic N) is 1. The van der Waals surface area contributed by atoms with Crippen LogP contribution in [0.3, 0.4) is 0 Å². The molecule has 1 atom stereocenters. The Morgan fingerprint density at radius 2 is 1.97 bits per heavy atom. The monoisotopic (exact) mass is 511 g/mol. The summed E-state index contributed by atoms with van der Waals surface area (Å²) in [5.41, 5.74) is 1.24. The van der Waals surface area contributed by atoms with E-state index in [0.29, 0.717) is 29.9 Å². The van der Waals surface area contributed by atoms with Crippen molar-refractivity contribution in [1.29, 1.82) is 0 Å². The highest BCUT2D eigenvalue weighted by Gasteiger charge is 2.36. The lowest BCUT2D eigenvalue weighted by atomic mass is 9.85. The first-order valence-corrected chi connectivity index (χ1v) is 11.9. The molecular formula is C27H30FN3O6. The first-order chi connectivity index (χ1) is 17.6. The molecule has 4 rings (SSSR count). The van der Waals surface area contributed by atoms with E-state index < -0.39 is 28.7 Å². The number of benzene rings is 2. The Bertz CT molecular complexity index is 1360. The second-order valence-corrected chi connectivity index (χ2v) is 9.66. The number of aromatic nitrogens is 1. The van der Waals surface area contributed by atoms with Crippen molar-refractivity contribution in [2.45, 2.75) is 38.1 Å². The fourth-order valence-electron chi connectivity index (χ4n) is 4.73. The lowest BCUT2D eigenvalue weighted by Crippen LogP contribution is -2.46. The van der Waals surface area contributed by atoms with Gasteiger partial charge in [-0.3, -0.25) is 14.4 Å². The second kappa shape index (κ2) is 10.6. The van der Waals surface area contributed by atoms with Crippen molar-refractivity contribution in [3.63, 3.8) is 0 Å². The summed E-state index contributed by atoms with van der Waals surface area (Å²) in [6.07, 6.45) is 0.322. The van der Waals surface area contributed by atoms with Crippen LogP contribution in [-0.4, -0.2) is 49.2 Å². The molecule has 2 aromatic carbocycles. The molecule has 2 heterocycles. The van der Waals surface area contributed by atoms with Gasteiger partial charge in [-0.15, -0.1) is 0 Å². The summed E-state index contributed by atoms with van der Waals surface area (Å²) in [7, 11) is 3.12. The van der Waals surface area contributed by atoms with Gasteiger partial charge < -0.3 is 24.2 Å². The number of carbonyl (C=O) groups excluding carboxylic acids is 2. The minimum Gasteiger partial charge on any atom is -0.497 e. The van der Waals surface area contributed by atoms with E-state index in [-0.39, 0.29) is 30.3 Å². The van der Waals surface area contributed by atoms with E-state index in [4.69, 9.17) is 14.0 Å². The first-order valence-electron chi connectivity index (χ1n) is 11.9. The maximum atomic E-state index is 15.0. The minimum atomic E-state index is -0.972. The van der Waals surface area contributed by atoms with Crippen molar-refractivity contribution >= 4 is 17.5 Å². The molecule has 0 bridgehead atoms. The minimum absolute atomic E-state index is 0.172. The quantitative estimate of drug-likeness (QED) is 0.480. The molecule has 1 unspecified atom stereocenters. The third-order valence-electron chi connectivity index (χ3n) is 6.52. The number of aromatic amines is 1. The highest BCUT2D eigenvalue weighted by atomic mass is 19.1. The fourth-order valence-corrected chi connectivity index (χ4v) is 4.73. The molecule has 2 N–H and O–H groups in total. The largest absolute Gasteiger partial charge is 0.497 e. The maximum Gasteiger partial charge on any atom is 0.280 e. The van der Waals surface area contributed by atoms with Gasteiger partial charge in [-0.25, -0.2) is 4.39 Å². The molecule has 9 nitrogen and oxygen atoms in total. The number of anilines is 1. The fraction of sp³-hybridized carbons (Fsp3) is 0.370. The van der Waals surface area contributed by atoms with Crippen molar-refractivity contribution < 1.29 is 28.0 Å². The Morgan fingerprint density at radius 3 is 2.62 bits per heavy atom. The molecule has 0 saturated heterocycles. The van der Waals surface area contributed by atoms with E-state index in [1.165, 1.54) is 17.0 Å². The van der Waals surface area contributed by atoms with E-state index in [9.17, 15) is 14.4 Å². The third-order valence-corrected chi connectivity index (χ3v) is 6.52. The Hall–Kier alpha value is -3.92. The summed E-state index contributed by atoms with van der Waals surface area (Å²) < 4.78 is 30.6. The molecule has 10 heteroatoms. The smallest absolute Gasteiger partial charge is 0.280 e. The van der Waals surface area contributed by atoms with Crippen LogP contribution in [0.2, 0.25) is 0 Å². The van der Waals surface area contributed by atoms with Gasteiger partial charge in [0.15, 0.2) is 0 Å². The number of methoxy groups -OCH3 is 2. The van der Waals surface area contributed by atoms with Crippen LogP contribution in [0.5, 0.6) is 5.75 Å². The third kappa shape index (κ3) is 5.59. The summed E-state index contributed by atoms with van der Waals surface area (Å²) in [5, 5.41) is 4.93. The van der Waals surface area contributed by atoms with Crippen LogP contribution in [0.4, 0.5) is 10.1 Å². The van der Waals surface area contributed by atoms with Gasteiger partial charge >= 0.3 is 0 Å². The highest BCUT2D eigenvalue weighted by Crippen LogP contribution is 2.34. The second-order valence-electron chi connectivity index (χ2n) is 9.66. The lowest BCUT2D eigenvalue weighted by molar-refractivity contribution is -0.139. The van der Waals surface area contributed by atoms with Crippen LogP contribution >= 0.6 is 0 Å². The standard InChI is InChI=1S/C27H30FN3O6/c1-27(2,15-35-3)21-8-5-17(12-22(21)28)29-26(34)25-20-7-6-18(36-4)11-16(20)9-10-31(25)24(33)14-19-13-23(32)30-37-19/h5-8,11-13,25H,9-10,14-15H2,1-4H3,(H,29,34)(H,30,32). The molecule has 1 aliphatic rings. The van der Waals surface area contributed by atoms with Crippen LogP contribution in [0, 0.1) is 5.82 Å². The number of rotatable bonds is 8. The number of halogens is 1. The molecule has 3 aromatic rings. The molecule has 196 valence electrons. The summed E-state index contributed by atoms with van der Waals surface area (Å²) in [6, 6.07) is 10.1. The van der Waals surface area contributed by atoms with Crippen molar-refractivity contribution in [2.24, 2.45) is 0 Å². The molecule has 0 fully saturated rings. The number of hydrogen-bond donors (Lipinski definition) is 2. The van der Waals surface area contributed by atoms with Crippen LogP contribution in [0.15, 0.2) is 51.8 Å². The van der Waals surface area contributed by atoms with E-state index in [0.717, 1.165) is 5.56 Å². The van der Waals surface area contributed by atoms with Gasteiger partial charge in [0, 0.05) is 30.8 Å². The topological polar surface area (TPSA) is 114 Å². The van der Waals surface area contributed by atoms with Gasteiger partial charge in [0.2, 0.25) is 5.91 Å². The molecule has 0 aliphatic carbocycles. The van der Waals surface area contributed by atoms with Gasteiger partial charge in [-0.1, -0.05) is 26.0 Å². The van der Waals surface area contributed by atoms with Crippen molar-refractivity contribution in [3.05, 3.63) is 81.1 Å². The zero-order valence-electron chi connectivity index (χ0n) is 21.2. The Morgan fingerprint density at radius 1 is 1.19 bits per heavy atom. The number of hydrogen-bond acceptors (Lipinski definition) is 6. The van der Waals surface area contributed by atoms with Gasteiger partial charge in [0.1, 0.15) is 23.4 Å². The number of H-pyrrole nitrogens is 1. The zero-order chi connectivity index (χ0) is 26.7. The van der Waals surface area contributed by atoms with Crippen molar-refractivity contribution in [3.8, 4) is 5.75 Å². The van der Waals surface area contributed by atoms with E-state index in [2.05, 4.69) is 10.5 Å². The number of carbonyl (C=O) groups is 2. The Balaban J connectivity index is 1.63. The van der Waals surface area contributed by atoms with Crippen LogP contribution in [0.25, 0.3) is 0 Å². The molecule has 1 aromatic heterocycles. The predicted molar refractivity (Wildman–Crippen MR) is 134 cm³/mol. The van der Waals surface area contributed by atoms with Crippen LogP contribution in [0.1, 0.15) is 42.3 Å². The van der Waals surface area contributed by atoms with Gasteiger partial charge in [-0.2, -0.15) is 5.16 Å². The maximum absolute atomic E-state index is 15.0. The zero-order valence-corrected chi connectivity index (χ0v) is 21.2. The van der Waals surface area contributed by atoms with Crippen molar-refractivity contribution in [2.75, 3.05) is 32.7 Å². The first kappa shape index (κ1) is 26.2. The van der Waals surface area contributed by atoms with Crippen molar-refractivity contribution in [1.82, 2.24) is 10.1 Å². The summed E-state index contributed by atoms with van der Waals surface area (Å²) >= 11 is 0. The molecule has 0 spiro atoms. The predicted octanol–water partition coefficient (Wildman–Crippen LogP) is 3.35. The molecule has 0 saturated carbocycles. The summed E-state index contributed by atoms with van der Waals surface area (Å²) in [4.78, 5) is 39.7. The molecule has 37 heavy (non-hydrogen) atoms. The van der Waals surface area contributed by atoms with Gasteiger partial charge in [0.05, 0.1) is 20.1 Å². The molecule has 0 radical (unpaired) electrons. The number of amides is 2. The van der Waals surface area contributed by atoms with E-state index >= 15 is 4.39 Å². The van der Waals surface area contributed by atoms with E-state index in [1.807, 2.05) is 19.9 Å². The van der Waals surface area contributed by atoms with Crippen LogP contribution < -0.4 is 15.6 Å². The molecule has 1 aliphatic heterocycles. The Labute approximate surface area is 213 Å². The molecular weight excluding hydrogens is 481 g/mol. The summed E-state index contributed by atoms with van der Waals surface area (Å²) in [5.74, 6) is -0.524. The average molecular weight is 512 g/mol. The number of fused-ring (bicyclic) bond motifs is 1. The average Bonchev–Trinajstić information content (AvgIpc) is 3.26. The lowest BCUT2D eigenvalue weighted by Gasteiger charge is -2.36. The highest BCUT2D eigenvalue weighted by molar-refractivity contribution is 5.98. The Kier molecular flexibility index (Phi) is 7.49.